The summed E-state index contributed by atoms with van der Waals surface area (Å²) in [5, 5.41) is 2.10. The van der Waals surface area contributed by atoms with Crippen LogP contribution in [-0.2, 0) is 4.79 Å². The van der Waals surface area contributed by atoms with Crippen LogP contribution in [0, 0.1) is 5.92 Å². The van der Waals surface area contributed by atoms with Gasteiger partial charge in [0.2, 0.25) is 5.91 Å². The van der Waals surface area contributed by atoms with E-state index >= 15 is 0 Å². The van der Waals surface area contributed by atoms with Crippen LogP contribution in [0.1, 0.15) is 32.6 Å². The Morgan fingerprint density at radius 3 is 2.38 bits per heavy atom. The summed E-state index contributed by atoms with van der Waals surface area (Å²) >= 11 is 0. The van der Waals surface area contributed by atoms with Crippen molar-refractivity contribution in [2.45, 2.75) is 44.3 Å². The topological polar surface area (TPSA) is 55.1 Å². The number of hydrogen-bond donors (Lipinski definition) is 2. The molecular weight excluding hydrogens is 221 g/mol. The van der Waals surface area contributed by atoms with Gasteiger partial charge in [0.25, 0.3) is 0 Å². The van der Waals surface area contributed by atoms with Crippen LogP contribution < -0.4 is 11.1 Å². The Hall–Kier alpha value is -0.780. The van der Waals surface area contributed by atoms with E-state index in [1.165, 1.54) is 0 Å². The van der Waals surface area contributed by atoms with E-state index in [0.29, 0.717) is 6.42 Å². The van der Waals surface area contributed by atoms with E-state index in [0.717, 1.165) is 6.42 Å². The average Bonchev–Trinajstić information content (AvgIpc) is 2.93. The van der Waals surface area contributed by atoms with Gasteiger partial charge in [-0.15, -0.1) is 0 Å². The van der Waals surface area contributed by atoms with Crippen LogP contribution in [0.4, 0.5) is 13.2 Å². The molecule has 1 saturated carbocycles. The predicted octanol–water partition coefficient (Wildman–Crippen LogP) is 1.57. The monoisotopic (exact) mass is 238 g/mol. The fourth-order valence-corrected chi connectivity index (χ4v) is 1.65. The van der Waals surface area contributed by atoms with Gasteiger partial charge in [0, 0.05) is 6.54 Å². The average molecular weight is 238 g/mol. The summed E-state index contributed by atoms with van der Waals surface area (Å²) in [6.45, 7) is 1.96. The number of halogens is 3. The summed E-state index contributed by atoms with van der Waals surface area (Å²) in [6, 6.07) is 0. The van der Waals surface area contributed by atoms with Gasteiger partial charge in [-0.3, -0.25) is 4.79 Å². The highest BCUT2D eigenvalue weighted by atomic mass is 19.4. The van der Waals surface area contributed by atoms with Crippen LogP contribution in [0.25, 0.3) is 0 Å². The fourth-order valence-electron chi connectivity index (χ4n) is 1.65. The molecule has 0 aromatic heterocycles. The number of nitrogens with one attached hydrogen (secondary N) is 1. The summed E-state index contributed by atoms with van der Waals surface area (Å²) in [6.07, 6.45) is -3.14. The van der Waals surface area contributed by atoms with Crippen molar-refractivity contribution in [3.8, 4) is 0 Å². The second kappa shape index (κ2) is 4.61. The largest absolute Gasteiger partial charge is 0.411 e. The number of nitrogens with two attached hydrogens (primary N) is 1. The first-order chi connectivity index (χ1) is 7.36. The number of rotatable bonds is 5. The lowest BCUT2D eigenvalue weighted by Gasteiger charge is -2.23. The molecule has 0 heterocycles. The minimum Gasteiger partial charge on any atom is -0.342 e. The Balaban J connectivity index is 2.57. The normalized spacial score (nSPS) is 20.3. The van der Waals surface area contributed by atoms with Crippen LogP contribution >= 0.6 is 0 Å². The van der Waals surface area contributed by atoms with Crippen molar-refractivity contribution < 1.29 is 18.0 Å². The molecule has 0 spiro atoms. The molecule has 94 valence electrons. The Labute approximate surface area is 92.6 Å². The number of carbonyl (C=O) groups excluding carboxylic acids is 1. The highest BCUT2D eigenvalue weighted by Gasteiger charge is 2.64. The molecule has 0 radical (unpaired) electrons. The third-order valence-corrected chi connectivity index (χ3v) is 2.95. The highest BCUT2D eigenvalue weighted by Crippen LogP contribution is 2.49. The SMILES string of the molecule is CCCC(CN)C(=O)NC1(C(F)(F)F)CC1. The molecule has 3 N–H and O–H groups in total. The van der Waals surface area contributed by atoms with Crippen LogP contribution in [0.15, 0.2) is 0 Å². The van der Waals surface area contributed by atoms with Crippen molar-refractivity contribution in [3.63, 3.8) is 0 Å². The van der Waals surface area contributed by atoms with Crippen molar-refractivity contribution in [2.24, 2.45) is 11.7 Å². The first-order valence-electron chi connectivity index (χ1n) is 5.45. The zero-order chi connectivity index (χ0) is 12.4. The molecule has 1 amide bonds. The zero-order valence-electron chi connectivity index (χ0n) is 9.23. The summed E-state index contributed by atoms with van der Waals surface area (Å²) in [5.41, 5.74) is 3.40. The summed E-state index contributed by atoms with van der Waals surface area (Å²) in [5.74, 6) is -1.08. The van der Waals surface area contributed by atoms with E-state index < -0.39 is 23.5 Å². The predicted molar refractivity (Wildman–Crippen MR) is 53.6 cm³/mol. The third-order valence-electron chi connectivity index (χ3n) is 2.95. The number of hydrogen-bond acceptors (Lipinski definition) is 2. The summed E-state index contributed by atoms with van der Waals surface area (Å²) in [7, 11) is 0. The first kappa shape index (κ1) is 13.3. The van der Waals surface area contributed by atoms with Crippen molar-refractivity contribution in [1.82, 2.24) is 5.32 Å². The molecule has 1 aliphatic rings. The molecule has 1 unspecified atom stereocenters. The van der Waals surface area contributed by atoms with Crippen molar-refractivity contribution in [3.05, 3.63) is 0 Å². The molecule has 0 bridgehead atoms. The van der Waals surface area contributed by atoms with E-state index in [-0.39, 0.29) is 19.4 Å². The second-order valence-corrected chi connectivity index (χ2v) is 4.29. The van der Waals surface area contributed by atoms with E-state index in [1.807, 2.05) is 6.92 Å². The van der Waals surface area contributed by atoms with Gasteiger partial charge in [-0.05, 0) is 19.3 Å². The van der Waals surface area contributed by atoms with Gasteiger partial charge in [0.15, 0.2) is 0 Å². The number of carbonyl (C=O) groups is 1. The van der Waals surface area contributed by atoms with E-state index in [9.17, 15) is 18.0 Å². The molecule has 0 aromatic carbocycles. The molecule has 6 heteroatoms. The third kappa shape index (κ3) is 2.66. The minimum absolute atomic E-state index is 0.0222. The highest BCUT2D eigenvalue weighted by molar-refractivity contribution is 5.80. The molecule has 16 heavy (non-hydrogen) atoms. The molecule has 0 saturated heterocycles. The lowest BCUT2D eigenvalue weighted by atomic mass is 10.0. The van der Waals surface area contributed by atoms with Crippen LogP contribution in [-0.4, -0.2) is 24.2 Å². The number of amides is 1. The maximum atomic E-state index is 12.6. The molecule has 1 rings (SSSR count). The van der Waals surface area contributed by atoms with Crippen LogP contribution in [0.2, 0.25) is 0 Å². The summed E-state index contributed by atoms with van der Waals surface area (Å²) in [4.78, 5) is 11.6. The van der Waals surface area contributed by atoms with Crippen LogP contribution in [0.3, 0.4) is 0 Å². The summed E-state index contributed by atoms with van der Waals surface area (Å²) < 4.78 is 37.7. The maximum Gasteiger partial charge on any atom is 0.411 e. The minimum atomic E-state index is -4.35. The van der Waals surface area contributed by atoms with Crippen molar-refractivity contribution in [1.29, 1.82) is 0 Å². The van der Waals surface area contributed by atoms with E-state index in [1.54, 1.807) is 0 Å². The molecule has 1 fully saturated rings. The Kier molecular flexibility index (Phi) is 3.83. The van der Waals surface area contributed by atoms with E-state index in [2.05, 4.69) is 5.32 Å². The molecule has 0 aliphatic heterocycles. The van der Waals surface area contributed by atoms with Crippen LogP contribution in [0.5, 0.6) is 0 Å². The van der Waals surface area contributed by atoms with Crippen molar-refractivity contribution >= 4 is 5.91 Å². The van der Waals surface area contributed by atoms with Gasteiger partial charge in [-0.1, -0.05) is 13.3 Å². The molecular formula is C10H17F3N2O. The lowest BCUT2D eigenvalue weighted by Crippen LogP contribution is -2.50. The lowest BCUT2D eigenvalue weighted by molar-refractivity contribution is -0.171. The standard InChI is InChI=1S/C10H17F3N2O/c1-2-3-7(6-14)8(16)15-9(4-5-9)10(11,12)13/h7H,2-6,14H2,1H3,(H,15,16). The van der Waals surface area contributed by atoms with Crippen molar-refractivity contribution in [2.75, 3.05) is 6.54 Å². The van der Waals surface area contributed by atoms with Gasteiger partial charge in [-0.2, -0.15) is 13.2 Å². The first-order valence-corrected chi connectivity index (χ1v) is 5.45. The van der Waals surface area contributed by atoms with Gasteiger partial charge in [0.05, 0.1) is 5.92 Å². The Morgan fingerprint density at radius 1 is 1.50 bits per heavy atom. The Morgan fingerprint density at radius 2 is 2.06 bits per heavy atom. The van der Waals surface area contributed by atoms with Gasteiger partial charge < -0.3 is 11.1 Å². The van der Waals surface area contributed by atoms with E-state index in [4.69, 9.17) is 5.73 Å². The van der Waals surface area contributed by atoms with Gasteiger partial charge in [0.1, 0.15) is 5.54 Å². The van der Waals surface area contributed by atoms with Gasteiger partial charge >= 0.3 is 6.18 Å². The second-order valence-electron chi connectivity index (χ2n) is 4.29. The smallest absolute Gasteiger partial charge is 0.342 e. The zero-order valence-corrected chi connectivity index (χ0v) is 9.23. The molecule has 1 aliphatic carbocycles. The number of alkyl halides is 3. The Bertz CT molecular complexity index is 261. The fraction of sp³-hybridized carbons (Fsp3) is 0.900. The molecule has 3 nitrogen and oxygen atoms in total. The maximum absolute atomic E-state index is 12.6. The van der Waals surface area contributed by atoms with Gasteiger partial charge in [-0.25, -0.2) is 0 Å². The molecule has 1 atom stereocenters. The molecule has 0 aromatic rings. The quantitative estimate of drug-likeness (QED) is 0.764.